The number of carboxylic acids is 1. The lowest BCUT2D eigenvalue weighted by Crippen LogP contribution is -2.35. The molecule has 138 valence electrons. The van der Waals surface area contributed by atoms with Gasteiger partial charge in [-0.1, -0.05) is 30.3 Å². The van der Waals surface area contributed by atoms with Crippen LogP contribution in [0, 0.1) is 6.92 Å². The topological polar surface area (TPSA) is 79.7 Å². The number of pyridine rings is 1. The van der Waals surface area contributed by atoms with Gasteiger partial charge in [-0.05, 0) is 37.5 Å². The van der Waals surface area contributed by atoms with Crippen LogP contribution in [0.1, 0.15) is 38.5 Å². The molecule has 2 aromatic rings. The van der Waals surface area contributed by atoms with Crippen LogP contribution in [0.15, 0.2) is 42.5 Å². The van der Waals surface area contributed by atoms with Crippen LogP contribution < -0.4 is 0 Å². The number of methoxy groups -OCH3 is 1. The summed E-state index contributed by atoms with van der Waals surface area (Å²) < 4.78 is 5.11. The van der Waals surface area contributed by atoms with E-state index in [0.717, 1.165) is 12.8 Å². The van der Waals surface area contributed by atoms with Crippen molar-refractivity contribution in [3.63, 3.8) is 0 Å². The van der Waals surface area contributed by atoms with Crippen LogP contribution in [0.5, 0.6) is 0 Å². The summed E-state index contributed by atoms with van der Waals surface area (Å²) in [5.74, 6) is -1.26. The van der Waals surface area contributed by atoms with Crippen molar-refractivity contribution in [2.45, 2.75) is 19.8 Å². The van der Waals surface area contributed by atoms with Crippen LogP contribution in [-0.4, -0.2) is 53.7 Å². The van der Waals surface area contributed by atoms with Crippen molar-refractivity contribution >= 4 is 11.9 Å². The molecule has 1 heterocycles. The van der Waals surface area contributed by atoms with E-state index in [0.29, 0.717) is 25.4 Å². The Kier molecular flexibility index (Phi) is 7.29. The van der Waals surface area contributed by atoms with E-state index in [-0.39, 0.29) is 17.2 Å². The van der Waals surface area contributed by atoms with Crippen molar-refractivity contribution in [2.75, 3.05) is 26.8 Å². The maximum absolute atomic E-state index is 12.8. The summed E-state index contributed by atoms with van der Waals surface area (Å²) in [7, 11) is 1.59. The largest absolute Gasteiger partial charge is 0.478 e. The van der Waals surface area contributed by atoms with Crippen molar-refractivity contribution < 1.29 is 19.4 Å². The molecule has 26 heavy (non-hydrogen) atoms. The molecule has 2 rings (SSSR count). The predicted octanol–water partition coefficient (Wildman–Crippen LogP) is 2.81. The lowest BCUT2D eigenvalue weighted by molar-refractivity contribution is 0.0676. The second-order valence-electron chi connectivity index (χ2n) is 6.01. The number of carboxylic acid groups (broad SMARTS) is 1. The number of benzene rings is 1. The molecule has 0 aliphatic rings. The Morgan fingerprint density at radius 3 is 2.46 bits per heavy atom. The second kappa shape index (κ2) is 9.68. The van der Waals surface area contributed by atoms with Gasteiger partial charge in [0, 0.05) is 20.2 Å². The zero-order valence-corrected chi connectivity index (χ0v) is 15.1. The minimum atomic E-state index is -1.05. The maximum atomic E-state index is 12.8. The zero-order chi connectivity index (χ0) is 18.9. The molecule has 0 aliphatic carbocycles. The second-order valence-corrected chi connectivity index (χ2v) is 6.01. The molecule has 1 aromatic heterocycles. The Labute approximate surface area is 153 Å². The Bertz CT molecular complexity index is 747. The highest BCUT2D eigenvalue weighted by molar-refractivity contribution is 5.94. The quantitative estimate of drug-likeness (QED) is 0.747. The van der Waals surface area contributed by atoms with E-state index < -0.39 is 5.97 Å². The number of aryl methyl sites for hydroxylation is 2. The van der Waals surface area contributed by atoms with Gasteiger partial charge < -0.3 is 14.7 Å². The van der Waals surface area contributed by atoms with Crippen molar-refractivity contribution in [1.29, 1.82) is 0 Å². The molecule has 0 aliphatic heterocycles. The molecule has 0 radical (unpaired) electrons. The minimum absolute atomic E-state index is 0.106. The average Bonchev–Trinajstić information content (AvgIpc) is 2.64. The van der Waals surface area contributed by atoms with Gasteiger partial charge in [-0.15, -0.1) is 0 Å². The standard InChI is InChI=1S/C20H24N2O4/c1-15-17(20(24)25)10-11-18(21-15)19(23)22(13-14-26-2)12-6-9-16-7-4-3-5-8-16/h3-5,7-8,10-11H,6,9,12-14H2,1-2H3,(H,24,25). The molecule has 6 heteroatoms. The number of carbonyl (C=O) groups is 2. The highest BCUT2D eigenvalue weighted by atomic mass is 16.5. The maximum Gasteiger partial charge on any atom is 0.337 e. The first-order chi connectivity index (χ1) is 12.5. The van der Waals surface area contributed by atoms with Crippen LogP contribution in [0.25, 0.3) is 0 Å². The summed E-state index contributed by atoms with van der Waals surface area (Å²) in [4.78, 5) is 29.8. The number of nitrogens with zero attached hydrogens (tertiary/aromatic N) is 2. The van der Waals surface area contributed by atoms with E-state index in [4.69, 9.17) is 9.84 Å². The molecule has 0 bridgehead atoms. The molecule has 0 atom stereocenters. The minimum Gasteiger partial charge on any atom is -0.478 e. The average molecular weight is 356 g/mol. The first kappa shape index (κ1) is 19.6. The normalized spacial score (nSPS) is 10.5. The first-order valence-electron chi connectivity index (χ1n) is 8.56. The molecule has 1 aromatic carbocycles. The number of amides is 1. The summed E-state index contributed by atoms with van der Waals surface area (Å²) in [5, 5.41) is 9.09. The third-order valence-electron chi connectivity index (χ3n) is 4.12. The van der Waals surface area contributed by atoms with E-state index in [9.17, 15) is 9.59 Å². The number of rotatable bonds is 9. The molecule has 0 fully saturated rings. The number of carbonyl (C=O) groups excluding carboxylic acids is 1. The fourth-order valence-electron chi connectivity index (χ4n) is 2.70. The molecule has 0 spiro atoms. The zero-order valence-electron chi connectivity index (χ0n) is 15.1. The van der Waals surface area contributed by atoms with Gasteiger partial charge in [-0.3, -0.25) is 4.79 Å². The Hall–Kier alpha value is -2.73. The van der Waals surface area contributed by atoms with E-state index in [2.05, 4.69) is 17.1 Å². The van der Waals surface area contributed by atoms with Crippen molar-refractivity contribution in [2.24, 2.45) is 0 Å². The van der Waals surface area contributed by atoms with Gasteiger partial charge in [-0.2, -0.15) is 0 Å². The molecule has 1 N–H and O–H groups in total. The van der Waals surface area contributed by atoms with Gasteiger partial charge in [-0.25, -0.2) is 9.78 Å². The van der Waals surface area contributed by atoms with Gasteiger partial charge in [0.25, 0.3) is 5.91 Å². The lowest BCUT2D eigenvalue weighted by atomic mass is 10.1. The van der Waals surface area contributed by atoms with Crippen molar-refractivity contribution in [3.8, 4) is 0 Å². The van der Waals surface area contributed by atoms with Crippen LogP contribution in [0.3, 0.4) is 0 Å². The third kappa shape index (κ3) is 5.39. The van der Waals surface area contributed by atoms with Gasteiger partial charge in [0.1, 0.15) is 5.69 Å². The summed E-state index contributed by atoms with van der Waals surface area (Å²) in [5.41, 5.74) is 1.92. The highest BCUT2D eigenvalue weighted by Gasteiger charge is 2.19. The number of aromatic carboxylic acids is 1. The van der Waals surface area contributed by atoms with Gasteiger partial charge in [0.15, 0.2) is 0 Å². The Morgan fingerprint density at radius 1 is 1.12 bits per heavy atom. The molecule has 6 nitrogen and oxygen atoms in total. The van der Waals surface area contributed by atoms with Crippen LogP contribution >= 0.6 is 0 Å². The summed E-state index contributed by atoms with van der Waals surface area (Å²) in [6.07, 6.45) is 1.70. The smallest absolute Gasteiger partial charge is 0.337 e. The van der Waals surface area contributed by atoms with Crippen LogP contribution in [-0.2, 0) is 11.2 Å². The fourth-order valence-corrected chi connectivity index (χ4v) is 2.70. The molecular formula is C20H24N2O4. The summed E-state index contributed by atoms with van der Waals surface area (Å²) >= 11 is 0. The summed E-state index contributed by atoms with van der Waals surface area (Å²) in [6.45, 7) is 3.07. The van der Waals surface area contributed by atoms with E-state index in [1.165, 1.54) is 17.7 Å². The lowest BCUT2D eigenvalue weighted by Gasteiger charge is -2.22. The Balaban J connectivity index is 2.06. The van der Waals surface area contributed by atoms with Crippen molar-refractivity contribution in [3.05, 3.63) is 65.0 Å². The molecule has 1 amide bonds. The van der Waals surface area contributed by atoms with Gasteiger partial charge in [0.05, 0.1) is 17.9 Å². The molecular weight excluding hydrogens is 332 g/mol. The summed E-state index contributed by atoms with van der Waals surface area (Å²) in [6, 6.07) is 13.0. The van der Waals surface area contributed by atoms with Gasteiger partial charge >= 0.3 is 5.97 Å². The van der Waals surface area contributed by atoms with Crippen molar-refractivity contribution in [1.82, 2.24) is 9.88 Å². The number of ether oxygens (including phenoxy) is 1. The third-order valence-corrected chi connectivity index (χ3v) is 4.12. The molecule has 0 unspecified atom stereocenters. The molecule has 0 saturated heterocycles. The van der Waals surface area contributed by atoms with E-state index in [1.807, 2.05) is 18.2 Å². The highest BCUT2D eigenvalue weighted by Crippen LogP contribution is 2.11. The number of aromatic nitrogens is 1. The predicted molar refractivity (Wildman–Crippen MR) is 98.5 cm³/mol. The van der Waals surface area contributed by atoms with Crippen LogP contribution in [0.4, 0.5) is 0 Å². The molecule has 0 saturated carbocycles. The van der Waals surface area contributed by atoms with Gasteiger partial charge in [0.2, 0.25) is 0 Å². The first-order valence-corrected chi connectivity index (χ1v) is 8.56. The number of hydrogen-bond donors (Lipinski definition) is 1. The Morgan fingerprint density at radius 2 is 1.85 bits per heavy atom. The van der Waals surface area contributed by atoms with E-state index in [1.54, 1.807) is 18.9 Å². The number of hydrogen-bond acceptors (Lipinski definition) is 4. The SMILES string of the molecule is COCCN(CCCc1ccccc1)C(=O)c1ccc(C(=O)O)c(C)n1. The monoisotopic (exact) mass is 356 g/mol. The van der Waals surface area contributed by atoms with Crippen LogP contribution in [0.2, 0.25) is 0 Å². The van der Waals surface area contributed by atoms with E-state index >= 15 is 0 Å². The fraction of sp³-hybridized carbons (Fsp3) is 0.350.